The van der Waals surface area contributed by atoms with E-state index in [0.717, 1.165) is 18.9 Å². The van der Waals surface area contributed by atoms with E-state index in [-0.39, 0.29) is 0 Å². The van der Waals surface area contributed by atoms with Gasteiger partial charge in [-0.2, -0.15) is 0 Å². The van der Waals surface area contributed by atoms with Crippen molar-refractivity contribution in [1.82, 2.24) is 14.9 Å². The maximum Gasteiger partial charge on any atom is 0.109 e. The van der Waals surface area contributed by atoms with Gasteiger partial charge in [0.15, 0.2) is 0 Å². The van der Waals surface area contributed by atoms with Crippen molar-refractivity contribution in [3.05, 3.63) is 18.2 Å². The number of hydrogen-bond acceptors (Lipinski definition) is 2. The number of aromatic nitrogens is 2. The monoisotopic (exact) mass is 235 g/mol. The zero-order chi connectivity index (χ0) is 12.5. The third-order valence-electron chi connectivity index (χ3n) is 4.01. The largest absolute Gasteiger partial charge is 0.338 e. The minimum absolute atomic E-state index is 0.514. The van der Waals surface area contributed by atoms with Crippen LogP contribution in [0.3, 0.4) is 0 Å². The van der Waals surface area contributed by atoms with E-state index in [9.17, 15) is 0 Å². The molecule has 1 aliphatic carbocycles. The van der Waals surface area contributed by atoms with Crippen LogP contribution in [0.1, 0.15) is 39.4 Å². The molecule has 1 N–H and O–H groups in total. The lowest BCUT2D eigenvalue weighted by molar-refractivity contribution is 0.362. The second-order valence-electron chi connectivity index (χ2n) is 6.31. The summed E-state index contributed by atoms with van der Waals surface area (Å²) in [6, 6.07) is 0.685. The lowest BCUT2D eigenvalue weighted by atomic mass is 9.91. The Balaban J connectivity index is 1.78. The zero-order valence-corrected chi connectivity index (χ0v) is 11.5. The van der Waals surface area contributed by atoms with Crippen LogP contribution in [0.25, 0.3) is 0 Å². The summed E-state index contributed by atoms with van der Waals surface area (Å²) in [7, 11) is 2.06. The van der Waals surface area contributed by atoms with Crippen molar-refractivity contribution in [3.63, 3.8) is 0 Å². The molecule has 0 saturated heterocycles. The number of aryl methyl sites for hydroxylation is 1. The van der Waals surface area contributed by atoms with Gasteiger partial charge in [0.05, 0.1) is 0 Å². The van der Waals surface area contributed by atoms with Crippen molar-refractivity contribution in [2.45, 2.75) is 46.1 Å². The summed E-state index contributed by atoms with van der Waals surface area (Å²) < 4.78 is 2.10. The maximum absolute atomic E-state index is 4.35. The molecule has 1 aromatic rings. The fourth-order valence-electron chi connectivity index (χ4n) is 3.17. The number of imidazole rings is 1. The second-order valence-corrected chi connectivity index (χ2v) is 6.31. The molecule has 1 aliphatic rings. The molecule has 0 amide bonds. The summed E-state index contributed by atoms with van der Waals surface area (Å²) in [4.78, 5) is 4.35. The van der Waals surface area contributed by atoms with Crippen molar-refractivity contribution in [2.75, 3.05) is 6.54 Å². The zero-order valence-electron chi connectivity index (χ0n) is 11.5. The summed E-state index contributed by atoms with van der Waals surface area (Å²) in [6.45, 7) is 8.16. The molecule has 1 aromatic heterocycles. The molecule has 17 heavy (non-hydrogen) atoms. The SMILES string of the molecule is CC1CC(C)(C)CC1NCCc1nccn1C. The average Bonchev–Trinajstić information content (AvgIpc) is 2.72. The second kappa shape index (κ2) is 4.81. The minimum Gasteiger partial charge on any atom is -0.338 e. The van der Waals surface area contributed by atoms with Gasteiger partial charge < -0.3 is 9.88 Å². The molecule has 1 saturated carbocycles. The predicted octanol–water partition coefficient (Wildman–Crippen LogP) is 2.38. The van der Waals surface area contributed by atoms with E-state index in [4.69, 9.17) is 0 Å². The molecule has 1 heterocycles. The summed E-state index contributed by atoms with van der Waals surface area (Å²) in [5.41, 5.74) is 0.514. The molecule has 0 radical (unpaired) electrons. The summed E-state index contributed by atoms with van der Waals surface area (Å²) >= 11 is 0. The maximum atomic E-state index is 4.35. The van der Waals surface area contributed by atoms with Gasteiger partial charge in [-0.15, -0.1) is 0 Å². The molecule has 3 nitrogen and oxygen atoms in total. The normalized spacial score (nSPS) is 27.5. The first-order valence-corrected chi connectivity index (χ1v) is 6.67. The molecule has 3 heteroatoms. The van der Waals surface area contributed by atoms with Gasteiger partial charge in [-0.1, -0.05) is 20.8 Å². The van der Waals surface area contributed by atoms with E-state index in [1.807, 2.05) is 12.4 Å². The smallest absolute Gasteiger partial charge is 0.109 e. The van der Waals surface area contributed by atoms with E-state index in [1.165, 1.54) is 18.7 Å². The predicted molar refractivity (Wildman–Crippen MR) is 70.9 cm³/mol. The van der Waals surface area contributed by atoms with Crippen molar-refractivity contribution in [2.24, 2.45) is 18.4 Å². The molecule has 2 rings (SSSR count). The van der Waals surface area contributed by atoms with Crippen LogP contribution in [-0.2, 0) is 13.5 Å². The van der Waals surface area contributed by atoms with Crippen LogP contribution in [-0.4, -0.2) is 22.1 Å². The van der Waals surface area contributed by atoms with Gasteiger partial charge in [0.2, 0.25) is 0 Å². The van der Waals surface area contributed by atoms with Gasteiger partial charge in [-0.25, -0.2) is 4.98 Å². The summed E-state index contributed by atoms with van der Waals surface area (Å²) in [6.07, 6.45) is 7.54. The van der Waals surface area contributed by atoms with Crippen molar-refractivity contribution in [1.29, 1.82) is 0 Å². The molecular formula is C14H25N3. The Hall–Kier alpha value is -0.830. The number of nitrogens with zero attached hydrogens (tertiary/aromatic N) is 2. The van der Waals surface area contributed by atoms with E-state index >= 15 is 0 Å². The van der Waals surface area contributed by atoms with Crippen LogP contribution < -0.4 is 5.32 Å². The minimum atomic E-state index is 0.514. The van der Waals surface area contributed by atoms with Gasteiger partial charge in [0, 0.05) is 38.4 Å². The van der Waals surface area contributed by atoms with Crippen molar-refractivity contribution >= 4 is 0 Å². The molecule has 2 atom stereocenters. The van der Waals surface area contributed by atoms with Crippen LogP contribution in [0.2, 0.25) is 0 Å². The Morgan fingerprint density at radius 1 is 1.47 bits per heavy atom. The lowest BCUT2D eigenvalue weighted by Gasteiger charge is -2.18. The standard InChI is InChI=1S/C14H25N3/c1-11-9-14(2,3)10-12(11)15-6-5-13-16-7-8-17(13)4/h7-8,11-12,15H,5-6,9-10H2,1-4H3. The third-order valence-corrected chi connectivity index (χ3v) is 4.01. The molecule has 0 aliphatic heterocycles. The average molecular weight is 235 g/mol. The fraction of sp³-hybridized carbons (Fsp3) is 0.786. The van der Waals surface area contributed by atoms with E-state index < -0.39 is 0 Å². The molecule has 1 fully saturated rings. The Kier molecular flexibility index (Phi) is 3.57. The molecule has 0 spiro atoms. The van der Waals surface area contributed by atoms with Crippen molar-refractivity contribution < 1.29 is 0 Å². The molecule has 0 aromatic carbocycles. The Labute approximate surface area is 105 Å². The Morgan fingerprint density at radius 3 is 2.76 bits per heavy atom. The van der Waals surface area contributed by atoms with E-state index in [0.29, 0.717) is 11.5 Å². The molecule has 96 valence electrons. The quantitative estimate of drug-likeness (QED) is 0.868. The number of nitrogens with one attached hydrogen (secondary N) is 1. The number of hydrogen-bond donors (Lipinski definition) is 1. The highest BCUT2D eigenvalue weighted by Gasteiger charge is 2.36. The van der Waals surface area contributed by atoms with Crippen LogP contribution in [0.15, 0.2) is 12.4 Å². The van der Waals surface area contributed by atoms with Gasteiger partial charge in [-0.3, -0.25) is 0 Å². The molecule has 0 bridgehead atoms. The van der Waals surface area contributed by atoms with Gasteiger partial charge in [0.1, 0.15) is 5.82 Å². The van der Waals surface area contributed by atoms with Crippen LogP contribution in [0, 0.1) is 11.3 Å². The van der Waals surface area contributed by atoms with Crippen LogP contribution in [0.4, 0.5) is 0 Å². The first-order chi connectivity index (χ1) is 7.98. The van der Waals surface area contributed by atoms with Gasteiger partial charge in [-0.05, 0) is 24.2 Å². The highest BCUT2D eigenvalue weighted by atomic mass is 15.0. The highest BCUT2D eigenvalue weighted by Crippen LogP contribution is 2.40. The lowest BCUT2D eigenvalue weighted by Crippen LogP contribution is -2.33. The first-order valence-electron chi connectivity index (χ1n) is 6.67. The molecule has 2 unspecified atom stereocenters. The van der Waals surface area contributed by atoms with Gasteiger partial charge in [0.25, 0.3) is 0 Å². The van der Waals surface area contributed by atoms with E-state index in [2.05, 4.69) is 42.7 Å². The first kappa shape index (κ1) is 12.6. The summed E-state index contributed by atoms with van der Waals surface area (Å²) in [5, 5.41) is 3.70. The summed E-state index contributed by atoms with van der Waals surface area (Å²) in [5.74, 6) is 1.97. The van der Waals surface area contributed by atoms with Crippen LogP contribution >= 0.6 is 0 Å². The Morgan fingerprint density at radius 2 is 2.24 bits per heavy atom. The topological polar surface area (TPSA) is 29.9 Å². The molecular weight excluding hydrogens is 210 g/mol. The van der Waals surface area contributed by atoms with Crippen LogP contribution in [0.5, 0.6) is 0 Å². The van der Waals surface area contributed by atoms with Crippen molar-refractivity contribution in [3.8, 4) is 0 Å². The fourth-order valence-corrected chi connectivity index (χ4v) is 3.17. The number of rotatable bonds is 4. The third kappa shape index (κ3) is 3.09. The highest BCUT2D eigenvalue weighted by molar-refractivity contribution is 4.94. The van der Waals surface area contributed by atoms with E-state index in [1.54, 1.807) is 0 Å². The Bertz CT molecular complexity index is 367. The van der Waals surface area contributed by atoms with Gasteiger partial charge >= 0.3 is 0 Å².